The molecule has 0 aromatic carbocycles. The van der Waals surface area contributed by atoms with Crippen molar-refractivity contribution in [2.24, 2.45) is 0 Å². The number of ether oxygens (including phenoxy) is 1. The van der Waals surface area contributed by atoms with E-state index in [1.54, 1.807) is 24.9 Å². The topological polar surface area (TPSA) is 64.1 Å². The Morgan fingerprint density at radius 2 is 2.44 bits per heavy atom. The average Bonchev–Trinajstić information content (AvgIpc) is 2.89. The molecule has 0 atom stereocenters. The lowest BCUT2D eigenvalue weighted by atomic mass is 10.3. The van der Waals surface area contributed by atoms with Gasteiger partial charge in [-0.25, -0.2) is 4.98 Å². The minimum Gasteiger partial charge on any atom is -0.383 e. The van der Waals surface area contributed by atoms with Crippen LogP contribution in [0.2, 0.25) is 0 Å². The first-order valence-electron chi connectivity index (χ1n) is 5.44. The van der Waals surface area contributed by atoms with E-state index in [2.05, 4.69) is 15.3 Å². The Bertz CT molecular complexity index is 513. The summed E-state index contributed by atoms with van der Waals surface area (Å²) in [5.74, 6) is -0.182. The molecule has 2 aromatic heterocycles. The van der Waals surface area contributed by atoms with E-state index in [0.29, 0.717) is 18.8 Å². The number of thiazole rings is 1. The van der Waals surface area contributed by atoms with Gasteiger partial charge in [-0.05, 0) is 12.1 Å². The lowest BCUT2D eigenvalue weighted by Gasteiger charge is -2.01. The van der Waals surface area contributed by atoms with Crippen molar-refractivity contribution in [1.82, 2.24) is 15.3 Å². The first-order valence-corrected chi connectivity index (χ1v) is 6.32. The second kappa shape index (κ2) is 6.23. The van der Waals surface area contributed by atoms with Gasteiger partial charge in [0, 0.05) is 37.0 Å². The van der Waals surface area contributed by atoms with Gasteiger partial charge < -0.3 is 10.1 Å². The number of aromatic nitrogens is 2. The molecule has 0 spiro atoms. The monoisotopic (exact) mass is 263 g/mol. The first-order chi connectivity index (χ1) is 8.81. The molecule has 0 bridgehead atoms. The summed E-state index contributed by atoms with van der Waals surface area (Å²) < 4.78 is 4.86. The van der Waals surface area contributed by atoms with Crippen LogP contribution in [0.4, 0.5) is 0 Å². The summed E-state index contributed by atoms with van der Waals surface area (Å²) in [7, 11) is 1.59. The molecule has 0 unspecified atom stereocenters. The third kappa shape index (κ3) is 3.12. The third-order valence-electron chi connectivity index (χ3n) is 2.24. The average molecular weight is 263 g/mol. The van der Waals surface area contributed by atoms with Gasteiger partial charge in [0.15, 0.2) is 0 Å². The number of pyridine rings is 1. The second-order valence-electron chi connectivity index (χ2n) is 3.53. The molecule has 0 aliphatic carbocycles. The third-order valence-corrected chi connectivity index (χ3v) is 3.13. The van der Waals surface area contributed by atoms with Crippen LogP contribution in [0.25, 0.3) is 10.6 Å². The van der Waals surface area contributed by atoms with Gasteiger partial charge in [-0.1, -0.05) is 0 Å². The molecule has 1 amide bonds. The van der Waals surface area contributed by atoms with Gasteiger partial charge in [-0.3, -0.25) is 9.78 Å². The minimum atomic E-state index is -0.182. The van der Waals surface area contributed by atoms with Crippen LogP contribution in [0.15, 0.2) is 29.9 Å². The van der Waals surface area contributed by atoms with Gasteiger partial charge in [-0.15, -0.1) is 11.3 Å². The van der Waals surface area contributed by atoms with Crippen LogP contribution in [0.1, 0.15) is 10.5 Å². The molecular formula is C12H13N3O2S. The zero-order chi connectivity index (χ0) is 12.8. The molecule has 6 heteroatoms. The number of hydrogen-bond acceptors (Lipinski definition) is 5. The van der Waals surface area contributed by atoms with Crippen LogP contribution in [-0.4, -0.2) is 36.1 Å². The van der Waals surface area contributed by atoms with Crippen molar-refractivity contribution in [1.29, 1.82) is 0 Å². The largest absolute Gasteiger partial charge is 0.383 e. The summed E-state index contributed by atoms with van der Waals surface area (Å²) in [6, 6.07) is 3.76. The number of methoxy groups -OCH3 is 1. The maximum Gasteiger partial charge on any atom is 0.270 e. The fourth-order valence-corrected chi connectivity index (χ4v) is 2.15. The summed E-state index contributed by atoms with van der Waals surface area (Å²) >= 11 is 1.43. The summed E-state index contributed by atoms with van der Waals surface area (Å²) in [5, 5.41) is 5.26. The van der Waals surface area contributed by atoms with E-state index in [0.717, 1.165) is 10.6 Å². The summed E-state index contributed by atoms with van der Waals surface area (Å²) in [6.07, 6.45) is 3.43. The predicted molar refractivity (Wildman–Crippen MR) is 69.6 cm³/mol. The quantitative estimate of drug-likeness (QED) is 0.832. The number of carbonyl (C=O) groups is 1. The van der Waals surface area contributed by atoms with E-state index in [1.807, 2.05) is 12.1 Å². The van der Waals surface area contributed by atoms with Crippen LogP contribution < -0.4 is 5.32 Å². The molecule has 0 aliphatic rings. The second-order valence-corrected chi connectivity index (χ2v) is 4.39. The lowest BCUT2D eigenvalue weighted by Crippen LogP contribution is -2.27. The molecule has 2 rings (SSSR count). The van der Waals surface area contributed by atoms with Gasteiger partial charge in [0.2, 0.25) is 0 Å². The van der Waals surface area contributed by atoms with E-state index < -0.39 is 0 Å². The Hall–Kier alpha value is -1.79. The van der Waals surface area contributed by atoms with Gasteiger partial charge in [0.25, 0.3) is 5.91 Å². The van der Waals surface area contributed by atoms with Gasteiger partial charge in [0.1, 0.15) is 10.7 Å². The number of hydrogen-bond donors (Lipinski definition) is 1. The van der Waals surface area contributed by atoms with E-state index in [9.17, 15) is 4.79 Å². The van der Waals surface area contributed by atoms with E-state index in [4.69, 9.17) is 4.74 Å². The van der Waals surface area contributed by atoms with Crippen LogP contribution >= 0.6 is 11.3 Å². The molecule has 94 valence electrons. The summed E-state index contributed by atoms with van der Waals surface area (Å²) in [6.45, 7) is 0.973. The van der Waals surface area contributed by atoms with Crippen molar-refractivity contribution in [2.75, 3.05) is 20.3 Å². The fraction of sp³-hybridized carbons (Fsp3) is 0.250. The highest BCUT2D eigenvalue weighted by Crippen LogP contribution is 2.22. The van der Waals surface area contributed by atoms with Crippen molar-refractivity contribution < 1.29 is 9.53 Å². The Balaban J connectivity index is 2.04. The fourth-order valence-electron chi connectivity index (χ4n) is 1.36. The summed E-state index contributed by atoms with van der Waals surface area (Å²) in [5.41, 5.74) is 1.34. The number of nitrogens with zero attached hydrogens (tertiary/aromatic N) is 2. The molecule has 5 nitrogen and oxygen atoms in total. The molecule has 0 aliphatic heterocycles. The van der Waals surface area contributed by atoms with E-state index in [1.165, 1.54) is 11.3 Å². The zero-order valence-electron chi connectivity index (χ0n) is 9.92. The molecule has 0 radical (unpaired) electrons. The highest BCUT2D eigenvalue weighted by atomic mass is 32.1. The zero-order valence-corrected chi connectivity index (χ0v) is 10.7. The molecule has 0 saturated heterocycles. The minimum absolute atomic E-state index is 0.182. The van der Waals surface area contributed by atoms with Gasteiger partial charge >= 0.3 is 0 Å². The number of rotatable bonds is 5. The number of carbonyl (C=O) groups excluding carboxylic acids is 1. The van der Waals surface area contributed by atoms with Crippen molar-refractivity contribution in [3.05, 3.63) is 35.6 Å². The van der Waals surface area contributed by atoms with Crippen molar-refractivity contribution in [2.45, 2.75) is 0 Å². The Kier molecular flexibility index (Phi) is 4.38. The van der Waals surface area contributed by atoms with E-state index in [-0.39, 0.29) is 5.91 Å². The molecule has 0 saturated carbocycles. The SMILES string of the molecule is COCCNC(=O)c1csc(-c2cccnc2)n1. The normalized spacial score (nSPS) is 10.3. The van der Waals surface area contributed by atoms with Crippen LogP contribution in [0.3, 0.4) is 0 Å². The smallest absolute Gasteiger partial charge is 0.270 e. The maximum absolute atomic E-state index is 11.7. The Morgan fingerprint density at radius 3 is 3.17 bits per heavy atom. The Labute approximate surface area is 109 Å². The standard InChI is InChI=1S/C12H13N3O2S/c1-17-6-5-14-11(16)10-8-18-12(15-10)9-3-2-4-13-7-9/h2-4,7-8H,5-6H2,1H3,(H,14,16). The van der Waals surface area contributed by atoms with Crippen molar-refractivity contribution >= 4 is 17.2 Å². The van der Waals surface area contributed by atoms with Gasteiger partial charge in [0.05, 0.1) is 6.61 Å². The van der Waals surface area contributed by atoms with Crippen LogP contribution in [0, 0.1) is 0 Å². The Morgan fingerprint density at radius 1 is 1.56 bits per heavy atom. The molecular weight excluding hydrogens is 250 g/mol. The molecule has 2 aromatic rings. The maximum atomic E-state index is 11.7. The van der Waals surface area contributed by atoms with Crippen molar-refractivity contribution in [3.63, 3.8) is 0 Å². The lowest BCUT2D eigenvalue weighted by molar-refractivity contribution is 0.0933. The number of nitrogens with one attached hydrogen (secondary N) is 1. The molecule has 1 N–H and O–H groups in total. The molecule has 18 heavy (non-hydrogen) atoms. The molecule has 0 fully saturated rings. The van der Waals surface area contributed by atoms with Gasteiger partial charge in [-0.2, -0.15) is 0 Å². The highest BCUT2D eigenvalue weighted by molar-refractivity contribution is 7.13. The summed E-state index contributed by atoms with van der Waals surface area (Å²) in [4.78, 5) is 20.0. The van der Waals surface area contributed by atoms with E-state index >= 15 is 0 Å². The number of amides is 1. The van der Waals surface area contributed by atoms with Crippen LogP contribution in [0.5, 0.6) is 0 Å². The highest BCUT2D eigenvalue weighted by Gasteiger charge is 2.11. The molecule has 2 heterocycles. The van der Waals surface area contributed by atoms with Crippen molar-refractivity contribution in [3.8, 4) is 10.6 Å². The first kappa shape index (κ1) is 12.7. The predicted octanol–water partition coefficient (Wildman–Crippen LogP) is 1.58. The van der Waals surface area contributed by atoms with Crippen LogP contribution in [-0.2, 0) is 4.74 Å².